The number of benzene rings is 3. The third kappa shape index (κ3) is 5.29. The molecule has 6 nitrogen and oxygen atoms in total. The molecule has 33 heavy (non-hydrogen) atoms. The maximum atomic E-state index is 12.8. The lowest BCUT2D eigenvalue weighted by atomic mass is 10.1. The molecule has 0 saturated carbocycles. The molecule has 4 aromatic rings. The quantitative estimate of drug-likeness (QED) is 0.256. The SMILES string of the molecule is Cc1ccc(CCC(=O)NCCOC(=O)Cn2c3ccccc3c(=O)c3ccccc32)cc1. The second kappa shape index (κ2) is 10.1. The first-order chi connectivity index (χ1) is 16.0. The minimum absolute atomic E-state index is 0.0251. The van der Waals surface area contributed by atoms with Crippen molar-refractivity contribution in [3.05, 3.63) is 94.1 Å². The van der Waals surface area contributed by atoms with Gasteiger partial charge in [-0.2, -0.15) is 0 Å². The minimum atomic E-state index is -0.428. The average Bonchev–Trinajstić information content (AvgIpc) is 2.84. The number of aryl methyl sites for hydroxylation is 2. The molecular formula is C27H26N2O4. The number of aromatic nitrogens is 1. The summed E-state index contributed by atoms with van der Waals surface area (Å²) >= 11 is 0. The Balaban J connectivity index is 1.33. The van der Waals surface area contributed by atoms with Crippen molar-refractivity contribution in [2.75, 3.05) is 13.2 Å². The Morgan fingerprint density at radius 3 is 2.12 bits per heavy atom. The highest BCUT2D eigenvalue weighted by Gasteiger charge is 2.13. The van der Waals surface area contributed by atoms with Crippen LogP contribution in [0.15, 0.2) is 77.6 Å². The zero-order valence-electron chi connectivity index (χ0n) is 18.5. The van der Waals surface area contributed by atoms with Crippen molar-refractivity contribution >= 4 is 33.7 Å². The normalized spacial score (nSPS) is 10.9. The summed E-state index contributed by atoms with van der Waals surface area (Å²) in [5, 5.41) is 3.91. The van der Waals surface area contributed by atoms with Gasteiger partial charge >= 0.3 is 5.97 Å². The first kappa shape index (κ1) is 22.3. The summed E-state index contributed by atoms with van der Waals surface area (Å²) in [5.41, 5.74) is 3.61. The van der Waals surface area contributed by atoms with Crippen molar-refractivity contribution in [2.45, 2.75) is 26.3 Å². The van der Waals surface area contributed by atoms with E-state index in [0.717, 1.165) is 5.56 Å². The summed E-state index contributed by atoms with van der Waals surface area (Å²) in [6, 6.07) is 22.6. The first-order valence-electron chi connectivity index (χ1n) is 11.0. The molecule has 0 aliphatic rings. The molecule has 1 aromatic heterocycles. The number of hydrogen-bond donors (Lipinski definition) is 1. The number of carbonyl (C=O) groups excluding carboxylic acids is 2. The van der Waals surface area contributed by atoms with Crippen LogP contribution in [-0.2, 0) is 27.3 Å². The van der Waals surface area contributed by atoms with Crippen LogP contribution in [0.5, 0.6) is 0 Å². The fourth-order valence-electron chi connectivity index (χ4n) is 3.88. The number of rotatable bonds is 8. The molecule has 1 heterocycles. The molecule has 0 fully saturated rings. The molecule has 3 aromatic carbocycles. The molecular weight excluding hydrogens is 416 g/mol. The monoisotopic (exact) mass is 442 g/mol. The van der Waals surface area contributed by atoms with Crippen molar-refractivity contribution in [3.8, 4) is 0 Å². The van der Waals surface area contributed by atoms with Crippen molar-refractivity contribution in [1.82, 2.24) is 9.88 Å². The number of hydrogen-bond acceptors (Lipinski definition) is 4. The molecule has 1 amide bonds. The van der Waals surface area contributed by atoms with Gasteiger partial charge < -0.3 is 14.6 Å². The first-order valence-corrected chi connectivity index (χ1v) is 11.0. The van der Waals surface area contributed by atoms with Crippen LogP contribution in [0.25, 0.3) is 21.8 Å². The summed E-state index contributed by atoms with van der Waals surface area (Å²) < 4.78 is 7.15. The number of nitrogens with zero attached hydrogens (tertiary/aromatic N) is 1. The average molecular weight is 443 g/mol. The molecule has 4 rings (SSSR count). The zero-order valence-corrected chi connectivity index (χ0v) is 18.5. The number of pyridine rings is 1. The molecule has 0 saturated heterocycles. The fraction of sp³-hybridized carbons (Fsp3) is 0.222. The molecule has 0 aliphatic heterocycles. The van der Waals surface area contributed by atoms with Crippen molar-refractivity contribution in [1.29, 1.82) is 0 Å². The molecule has 168 valence electrons. The highest BCUT2D eigenvalue weighted by molar-refractivity contribution is 5.94. The van der Waals surface area contributed by atoms with E-state index in [0.29, 0.717) is 34.6 Å². The Morgan fingerprint density at radius 1 is 0.879 bits per heavy atom. The molecule has 0 radical (unpaired) electrons. The summed E-state index contributed by atoms with van der Waals surface area (Å²) in [6.07, 6.45) is 1.05. The Hall–Kier alpha value is -3.93. The van der Waals surface area contributed by atoms with E-state index >= 15 is 0 Å². The molecule has 0 aliphatic carbocycles. The van der Waals surface area contributed by atoms with Gasteiger partial charge in [-0.1, -0.05) is 54.1 Å². The van der Waals surface area contributed by atoms with Crippen LogP contribution in [0.3, 0.4) is 0 Å². The Morgan fingerprint density at radius 2 is 1.48 bits per heavy atom. The van der Waals surface area contributed by atoms with Crippen LogP contribution in [-0.4, -0.2) is 29.6 Å². The lowest BCUT2D eigenvalue weighted by Crippen LogP contribution is -2.29. The van der Waals surface area contributed by atoms with E-state index < -0.39 is 5.97 Å². The minimum Gasteiger partial charge on any atom is -0.462 e. The fourth-order valence-corrected chi connectivity index (χ4v) is 3.88. The standard InChI is InChI=1S/C27H26N2O4/c1-19-10-12-20(13-11-19)14-15-25(30)28-16-17-33-26(31)18-29-23-8-4-2-6-21(23)27(32)22-7-3-5-9-24(22)29/h2-13H,14-18H2,1H3,(H,28,30). The Kier molecular flexibility index (Phi) is 6.83. The third-order valence-electron chi connectivity index (χ3n) is 5.61. The van der Waals surface area contributed by atoms with Gasteiger partial charge in [-0.3, -0.25) is 14.4 Å². The van der Waals surface area contributed by atoms with Gasteiger partial charge in [-0.15, -0.1) is 0 Å². The molecule has 6 heteroatoms. The van der Waals surface area contributed by atoms with E-state index in [4.69, 9.17) is 4.74 Å². The predicted octanol–water partition coefficient (Wildman–Crippen LogP) is 3.76. The summed E-state index contributed by atoms with van der Waals surface area (Å²) in [7, 11) is 0. The Bertz CT molecular complexity index is 1300. The zero-order chi connectivity index (χ0) is 23.2. The van der Waals surface area contributed by atoms with Gasteiger partial charge in [0, 0.05) is 17.2 Å². The lowest BCUT2D eigenvalue weighted by Gasteiger charge is -2.14. The second-order valence-electron chi connectivity index (χ2n) is 8.01. The maximum Gasteiger partial charge on any atom is 0.326 e. The number of esters is 1. The maximum absolute atomic E-state index is 12.8. The van der Waals surface area contributed by atoms with Crippen molar-refractivity contribution < 1.29 is 14.3 Å². The van der Waals surface area contributed by atoms with E-state index in [2.05, 4.69) is 5.32 Å². The van der Waals surface area contributed by atoms with Gasteiger partial charge in [0.05, 0.1) is 17.6 Å². The molecule has 1 N–H and O–H groups in total. The van der Waals surface area contributed by atoms with Gasteiger partial charge in [0.2, 0.25) is 5.91 Å². The van der Waals surface area contributed by atoms with E-state index in [1.165, 1.54) is 5.56 Å². The molecule has 0 bridgehead atoms. The van der Waals surface area contributed by atoms with Crippen LogP contribution in [0.1, 0.15) is 17.5 Å². The van der Waals surface area contributed by atoms with Gasteiger partial charge in [-0.25, -0.2) is 0 Å². The van der Waals surface area contributed by atoms with Gasteiger partial charge in [0.25, 0.3) is 0 Å². The highest BCUT2D eigenvalue weighted by atomic mass is 16.5. The lowest BCUT2D eigenvalue weighted by molar-refractivity contribution is -0.144. The van der Waals surface area contributed by atoms with Crippen LogP contribution in [0.4, 0.5) is 0 Å². The molecule has 0 unspecified atom stereocenters. The van der Waals surface area contributed by atoms with Crippen molar-refractivity contribution in [3.63, 3.8) is 0 Å². The summed E-state index contributed by atoms with van der Waals surface area (Å²) in [4.78, 5) is 37.4. The van der Waals surface area contributed by atoms with Crippen LogP contribution < -0.4 is 10.7 Å². The summed E-state index contributed by atoms with van der Waals surface area (Å²) in [5.74, 6) is -0.508. The van der Waals surface area contributed by atoms with Crippen LogP contribution in [0.2, 0.25) is 0 Å². The number of para-hydroxylation sites is 2. The number of carbonyl (C=O) groups is 2. The van der Waals surface area contributed by atoms with Gasteiger partial charge in [-0.05, 0) is 43.2 Å². The van der Waals surface area contributed by atoms with E-state index in [-0.39, 0.29) is 31.0 Å². The van der Waals surface area contributed by atoms with Crippen molar-refractivity contribution in [2.24, 2.45) is 0 Å². The van der Waals surface area contributed by atoms with Crippen LogP contribution >= 0.6 is 0 Å². The third-order valence-corrected chi connectivity index (χ3v) is 5.61. The topological polar surface area (TPSA) is 77.4 Å². The van der Waals surface area contributed by atoms with Gasteiger partial charge in [0.15, 0.2) is 5.43 Å². The van der Waals surface area contributed by atoms with Gasteiger partial charge in [0.1, 0.15) is 13.2 Å². The smallest absolute Gasteiger partial charge is 0.326 e. The predicted molar refractivity (Wildman–Crippen MR) is 129 cm³/mol. The number of fused-ring (bicyclic) bond motifs is 2. The van der Waals surface area contributed by atoms with E-state index in [1.54, 1.807) is 16.7 Å². The number of nitrogens with one attached hydrogen (secondary N) is 1. The largest absolute Gasteiger partial charge is 0.462 e. The number of amides is 1. The Labute approximate surface area is 191 Å². The van der Waals surface area contributed by atoms with Crippen LogP contribution in [0, 0.1) is 6.92 Å². The summed E-state index contributed by atoms with van der Waals surface area (Å²) in [6.45, 7) is 2.35. The highest BCUT2D eigenvalue weighted by Crippen LogP contribution is 2.19. The second-order valence-corrected chi connectivity index (χ2v) is 8.01. The number of ether oxygens (including phenoxy) is 1. The molecule has 0 spiro atoms. The molecule has 0 atom stereocenters. The van der Waals surface area contributed by atoms with E-state index in [1.807, 2.05) is 67.6 Å². The van der Waals surface area contributed by atoms with E-state index in [9.17, 15) is 14.4 Å².